The van der Waals surface area contributed by atoms with E-state index in [4.69, 9.17) is 23.2 Å². The third-order valence-corrected chi connectivity index (χ3v) is 5.59. The molecule has 0 aliphatic heterocycles. The normalized spacial score (nSPS) is 11.2. The first-order valence-electron chi connectivity index (χ1n) is 7.52. The van der Waals surface area contributed by atoms with Gasteiger partial charge >= 0.3 is 0 Å². The molecule has 0 atom stereocenters. The maximum Gasteiger partial charge on any atom is 0.259 e. The SMILES string of the molecule is CS(=O)(=O)Nc1ccc(-c2csc(NC(=O)c3cccc(Cl)c3Cl)n2)cc1. The van der Waals surface area contributed by atoms with E-state index in [2.05, 4.69) is 15.0 Å². The van der Waals surface area contributed by atoms with Gasteiger partial charge in [-0.2, -0.15) is 0 Å². The second kappa shape index (κ2) is 7.85. The number of anilines is 2. The van der Waals surface area contributed by atoms with E-state index in [0.717, 1.165) is 11.8 Å². The van der Waals surface area contributed by atoms with Crippen LogP contribution in [-0.4, -0.2) is 25.6 Å². The maximum absolute atomic E-state index is 12.4. The van der Waals surface area contributed by atoms with E-state index in [1.54, 1.807) is 47.8 Å². The van der Waals surface area contributed by atoms with Crippen LogP contribution in [0.5, 0.6) is 0 Å². The number of benzene rings is 2. The zero-order chi connectivity index (χ0) is 19.6. The molecule has 0 aliphatic carbocycles. The molecule has 0 spiro atoms. The van der Waals surface area contributed by atoms with Crippen molar-refractivity contribution in [3.05, 3.63) is 63.5 Å². The number of carbonyl (C=O) groups excluding carboxylic acids is 1. The third-order valence-electron chi connectivity index (χ3n) is 3.40. The molecule has 2 aromatic carbocycles. The summed E-state index contributed by atoms with van der Waals surface area (Å²) >= 11 is 13.2. The van der Waals surface area contributed by atoms with Crippen LogP contribution in [0.1, 0.15) is 10.4 Å². The number of hydrogen-bond acceptors (Lipinski definition) is 5. The first-order valence-corrected chi connectivity index (χ1v) is 11.0. The molecular weight excluding hydrogens is 429 g/mol. The smallest absolute Gasteiger partial charge is 0.259 e. The highest BCUT2D eigenvalue weighted by molar-refractivity contribution is 7.92. The van der Waals surface area contributed by atoms with Crippen LogP contribution >= 0.6 is 34.5 Å². The Morgan fingerprint density at radius 1 is 1.11 bits per heavy atom. The lowest BCUT2D eigenvalue weighted by Gasteiger charge is -2.05. The van der Waals surface area contributed by atoms with Crippen LogP contribution in [0.25, 0.3) is 11.3 Å². The summed E-state index contributed by atoms with van der Waals surface area (Å²) in [7, 11) is -3.33. The number of aromatic nitrogens is 1. The Morgan fingerprint density at radius 3 is 2.48 bits per heavy atom. The van der Waals surface area contributed by atoms with Gasteiger partial charge in [-0.1, -0.05) is 41.4 Å². The molecule has 0 saturated heterocycles. The number of amides is 1. The largest absolute Gasteiger partial charge is 0.298 e. The van der Waals surface area contributed by atoms with Crippen LogP contribution in [-0.2, 0) is 10.0 Å². The number of rotatable bonds is 5. The molecule has 1 heterocycles. The molecule has 0 unspecified atom stereocenters. The Morgan fingerprint density at radius 2 is 1.81 bits per heavy atom. The van der Waals surface area contributed by atoms with Crippen molar-refractivity contribution in [2.24, 2.45) is 0 Å². The Labute approximate surface area is 170 Å². The minimum absolute atomic E-state index is 0.183. The van der Waals surface area contributed by atoms with E-state index in [1.165, 1.54) is 11.3 Å². The van der Waals surface area contributed by atoms with Gasteiger partial charge in [0.05, 0.1) is 27.6 Å². The fraction of sp³-hybridized carbons (Fsp3) is 0.0588. The van der Waals surface area contributed by atoms with Crippen LogP contribution < -0.4 is 10.0 Å². The number of thiazole rings is 1. The molecular formula is C17H13Cl2N3O3S2. The van der Waals surface area contributed by atoms with E-state index in [9.17, 15) is 13.2 Å². The Hall–Kier alpha value is -2.13. The molecule has 0 fully saturated rings. The van der Waals surface area contributed by atoms with Crippen molar-refractivity contribution in [3.63, 3.8) is 0 Å². The summed E-state index contributed by atoms with van der Waals surface area (Å²) in [5.41, 5.74) is 2.16. The molecule has 27 heavy (non-hydrogen) atoms. The van der Waals surface area contributed by atoms with Gasteiger partial charge in [0, 0.05) is 16.6 Å². The highest BCUT2D eigenvalue weighted by atomic mass is 35.5. The second-order valence-corrected chi connectivity index (χ2v) is 8.94. The summed E-state index contributed by atoms with van der Waals surface area (Å²) in [6, 6.07) is 11.6. The number of nitrogens with zero attached hydrogens (tertiary/aromatic N) is 1. The Bertz CT molecular complexity index is 1100. The molecule has 0 aliphatic rings. The van der Waals surface area contributed by atoms with E-state index < -0.39 is 15.9 Å². The van der Waals surface area contributed by atoms with Crippen molar-refractivity contribution in [2.45, 2.75) is 0 Å². The summed E-state index contributed by atoms with van der Waals surface area (Å²) in [4.78, 5) is 16.7. The number of carbonyl (C=O) groups is 1. The molecule has 0 bridgehead atoms. The van der Waals surface area contributed by atoms with Crippen molar-refractivity contribution in [1.82, 2.24) is 4.98 Å². The van der Waals surface area contributed by atoms with Gasteiger partial charge in [-0.25, -0.2) is 13.4 Å². The minimum Gasteiger partial charge on any atom is -0.298 e. The molecule has 0 saturated carbocycles. The fourth-order valence-electron chi connectivity index (χ4n) is 2.23. The fourth-order valence-corrected chi connectivity index (χ4v) is 3.90. The predicted octanol–water partition coefficient (Wildman–Crippen LogP) is 4.74. The van der Waals surface area contributed by atoms with E-state index in [-0.39, 0.29) is 10.6 Å². The Balaban J connectivity index is 1.75. The first-order chi connectivity index (χ1) is 12.7. The molecule has 10 heteroatoms. The molecule has 3 rings (SSSR count). The summed E-state index contributed by atoms with van der Waals surface area (Å²) in [5.74, 6) is -0.406. The zero-order valence-electron chi connectivity index (χ0n) is 13.9. The molecule has 1 aromatic heterocycles. The van der Waals surface area contributed by atoms with Crippen LogP contribution in [0, 0.1) is 0 Å². The van der Waals surface area contributed by atoms with E-state index in [0.29, 0.717) is 21.5 Å². The monoisotopic (exact) mass is 441 g/mol. The highest BCUT2D eigenvalue weighted by Crippen LogP contribution is 2.29. The molecule has 1 amide bonds. The van der Waals surface area contributed by atoms with Gasteiger partial charge in [0.1, 0.15) is 0 Å². The van der Waals surface area contributed by atoms with Gasteiger partial charge in [-0.3, -0.25) is 14.8 Å². The summed E-state index contributed by atoms with van der Waals surface area (Å²) < 4.78 is 24.9. The number of hydrogen-bond donors (Lipinski definition) is 2. The quantitative estimate of drug-likeness (QED) is 0.598. The Kier molecular flexibility index (Phi) is 5.71. The van der Waals surface area contributed by atoms with Gasteiger partial charge < -0.3 is 0 Å². The number of halogens is 2. The van der Waals surface area contributed by atoms with E-state index >= 15 is 0 Å². The van der Waals surface area contributed by atoms with Crippen LogP contribution in [0.4, 0.5) is 10.8 Å². The maximum atomic E-state index is 12.4. The predicted molar refractivity (Wildman–Crippen MR) is 110 cm³/mol. The zero-order valence-corrected chi connectivity index (χ0v) is 17.0. The third kappa shape index (κ3) is 4.98. The van der Waals surface area contributed by atoms with Gasteiger partial charge in [0.25, 0.3) is 5.91 Å². The minimum atomic E-state index is -3.33. The van der Waals surface area contributed by atoms with Crippen LogP contribution in [0.2, 0.25) is 10.0 Å². The molecule has 2 N–H and O–H groups in total. The van der Waals surface area contributed by atoms with Crippen LogP contribution in [0.15, 0.2) is 47.8 Å². The van der Waals surface area contributed by atoms with E-state index in [1.807, 2.05) is 0 Å². The van der Waals surface area contributed by atoms with Gasteiger partial charge in [0.15, 0.2) is 5.13 Å². The first kappa shape index (κ1) is 19.6. The average molecular weight is 442 g/mol. The lowest BCUT2D eigenvalue weighted by atomic mass is 10.1. The second-order valence-electron chi connectivity index (χ2n) is 5.54. The van der Waals surface area contributed by atoms with Crippen LogP contribution in [0.3, 0.4) is 0 Å². The van der Waals surface area contributed by atoms with Gasteiger partial charge in [0.2, 0.25) is 10.0 Å². The highest BCUT2D eigenvalue weighted by Gasteiger charge is 2.15. The van der Waals surface area contributed by atoms with Crippen molar-refractivity contribution >= 4 is 61.3 Å². The lowest BCUT2D eigenvalue weighted by Crippen LogP contribution is -2.12. The standard InChI is InChI=1S/C17H13Cl2N3O3S2/c1-27(24,25)22-11-7-5-10(6-8-11)14-9-26-17(20-14)21-16(23)12-3-2-4-13(18)15(12)19/h2-9,22H,1H3,(H,20,21,23). The molecule has 3 aromatic rings. The average Bonchev–Trinajstić information content (AvgIpc) is 3.05. The van der Waals surface area contributed by atoms with Gasteiger partial charge in [-0.05, 0) is 24.3 Å². The molecule has 0 radical (unpaired) electrons. The number of sulfonamides is 1. The summed E-state index contributed by atoms with van der Waals surface area (Å²) in [6.07, 6.45) is 1.09. The van der Waals surface area contributed by atoms with Crippen molar-refractivity contribution in [1.29, 1.82) is 0 Å². The summed E-state index contributed by atoms with van der Waals surface area (Å²) in [5, 5.41) is 5.37. The topological polar surface area (TPSA) is 88.2 Å². The lowest BCUT2D eigenvalue weighted by molar-refractivity contribution is 0.102. The molecule has 6 nitrogen and oxygen atoms in total. The summed E-state index contributed by atoms with van der Waals surface area (Å²) in [6.45, 7) is 0. The molecule has 140 valence electrons. The van der Waals surface area contributed by atoms with Crippen molar-refractivity contribution in [2.75, 3.05) is 16.3 Å². The number of nitrogens with one attached hydrogen (secondary N) is 2. The van der Waals surface area contributed by atoms with Gasteiger partial charge in [-0.15, -0.1) is 11.3 Å². The van der Waals surface area contributed by atoms with Crippen molar-refractivity contribution in [3.8, 4) is 11.3 Å². The van der Waals surface area contributed by atoms with Crippen molar-refractivity contribution < 1.29 is 13.2 Å².